The molecule has 1 unspecified atom stereocenters. The summed E-state index contributed by atoms with van der Waals surface area (Å²) in [5.41, 5.74) is 5.47. The molecule has 1 aliphatic rings. The third-order valence-corrected chi connectivity index (χ3v) is 4.01. The minimum absolute atomic E-state index is 0.643. The number of nitrogens with one attached hydrogen (secondary N) is 2. The van der Waals surface area contributed by atoms with Gasteiger partial charge in [-0.25, -0.2) is 0 Å². The Labute approximate surface area is 105 Å². The van der Waals surface area contributed by atoms with Crippen molar-refractivity contribution in [2.75, 3.05) is 18.4 Å². The number of benzene rings is 1. The van der Waals surface area contributed by atoms with Crippen LogP contribution in [0.1, 0.15) is 36.0 Å². The first-order valence-electron chi connectivity index (χ1n) is 6.72. The van der Waals surface area contributed by atoms with E-state index in [-0.39, 0.29) is 0 Å². The molecule has 0 amide bonds. The normalized spacial score (nSPS) is 20.3. The summed E-state index contributed by atoms with van der Waals surface area (Å²) in [6.07, 6.45) is 4.00. The maximum atomic E-state index is 3.59. The predicted octanol–water partition coefficient (Wildman–Crippen LogP) is 3.17. The lowest BCUT2D eigenvalue weighted by Crippen LogP contribution is -2.39. The lowest BCUT2D eigenvalue weighted by atomic mass is 10.0. The molecule has 2 N–H and O–H groups in total. The summed E-state index contributed by atoms with van der Waals surface area (Å²) in [5.74, 6) is 0. The maximum absolute atomic E-state index is 3.59. The molecule has 2 nitrogen and oxygen atoms in total. The average Bonchev–Trinajstić information content (AvgIpc) is 2.36. The lowest BCUT2D eigenvalue weighted by molar-refractivity contribution is 0.414. The van der Waals surface area contributed by atoms with E-state index in [1.807, 2.05) is 0 Å². The molecule has 0 spiro atoms. The van der Waals surface area contributed by atoms with E-state index in [0.29, 0.717) is 6.04 Å². The van der Waals surface area contributed by atoms with Crippen LogP contribution in [0.3, 0.4) is 0 Å². The van der Waals surface area contributed by atoms with Crippen molar-refractivity contribution >= 4 is 5.69 Å². The second-order valence-electron chi connectivity index (χ2n) is 5.21. The first-order valence-corrected chi connectivity index (χ1v) is 6.72. The van der Waals surface area contributed by atoms with Crippen LogP contribution in [-0.4, -0.2) is 19.1 Å². The van der Waals surface area contributed by atoms with E-state index >= 15 is 0 Å². The quantitative estimate of drug-likeness (QED) is 0.836. The third kappa shape index (κ3) is 3.01. The molecule has 1 aromatic rings. The molecule has 0 aliphatic carbocycles. The van der Waals surface area contributed by atoms with E-state index < -0.39 is 0 Å². The highest BCUT2D eigenvalue weighted by Gasteiger charge is 2.12. The first kappa shape index (κ1) is 12.4. The Morgan fingerprint density at radius 3 is 2.71 bits per heavy atom. The monoisotopic (exact) mass is 232 g/mol. The Kier molecular flexibility index (Phi) is 4.06. The zero-order chi connectivity index (χ0) is 12.3. The van der Waals surface area contributed by atoms with E-state index in [1.54, 1.807) is 0 Å². The van der Waals surface area contributed by atoms with Gasteiger partial charge in [0.2, 0.25) is 0 Å². The fourth-order valence-electron chi connectivity index (χ4n) is 2.48. The number of aryl methyl sites for hydroxylation is 1. The molecule has 17 heavy (non-hydrogen) atoms. The largest absolute Gasteiger partial charge is 0.383 e. The summed E-state index contributed by atoms with van der Waals surface area (Å²) >= 11 is 0. The van der Waals surface area contributed by atoms with Gasteiger partial charge in [-0.15, -0.1) is 0 Å². The Morgan fingerprint density at radius 2 is 2.00 bits per heavy atom. The summed E-state index contributed by atoms with van der Waals surface area (Å²) in [7, 11) is 0. The number of hydrogen-bond donors (Lipinski definition) is 2. The predicted molar refractivity (Wildman–Crippen MR) is 74.8 cm³/mol. The number of hydrogen-bond acceptors (Lipinski definition) is 2. The highest BCUT2D eigenvalue weighted by atomic mass is 15.0. The molecular formula is C15H24N2. The van der Waals surface area contributed by atoms with Gasteiger partial charge in [-0.3, -0.25) is 0 Å². The molecule has 1 aromatic carbocycles. The smallest absolute Gasteiger partial charge is 0.0373 e. The van der Waals surface area contributed by atoms with Crippen molar-refractivity contribution in [3.8, 4) is 0 Å². The van der Waals surface area contributed by atoms with Crippen molar-refractivity contribution < 1.29 is 0 Å². The summed E-state index contributed by atoms with van der Waals surface area (Å²) in [5, 5.41) is 7.16. The molecule has 0 aromatic heterocycles. The fourth-order valence-corrected chi connectivity index (χ4v) is 2.48. The zero-order valence-electron chi connectivity index (χ0n) is 11.3. The second-order valence-corrected chi connectivity index (χ2v) is 5.21. The van der Waals surface area contributed by atoms with E-state index in [9.17, 15) is 0 Å². The topological polar surface area (TPSA) is 24.1 Å². The molecule has 94 valence electrons. The van der Waals surface area contributed by atoms with Crippen LogP contribution in [0.15, 0.2) is 12.1 Å². The van der Waals surface area contributed by atoms with Crippen LogP contribution in [0, 0.1) is 20.8 Å². The van der Waals surface area contributed by atoms with E-state index in [4.69, 9.17) is 0 Å². The summed E-state index contributed by atoms with van der Waals surface area (Å²) in [4.78, 5) is 0. The van der Waals surface area contributed by atoms with Crippen molar-refractivity contribution in [3.05, 3.63) is 28.8 Å². The van der Waals surface area contributed by atoms with Gasteiger partial charge in [0.05, 0.1) is 0 Å². The Morgan fingerprint density at radius 1 is 1.18 bits per heavy atom. The van der Waals surface area contributed by atoms with Gasteiger partial charge in [0, 0.05) is 18.3 Å². The van der Waals surface area contributed by atoms with Gasteiger partial charge >= 0.3 is 0 Å². The SMILES string of the molecule is Cc1ccc(NCC2CCCCN2)c(C)c1C. The first-order chi connectivity index (χ1) is 8.18. The molecule has 0 bridgehead atoms. The van der Waals surface area contributed by atoms with E-state index in [2.05, 4.69) is 43.5 Å². The van der Waals surface area contributed by atoms with Crippen LogP contribution in [-0.2, 0) is 0 Å². The maximum Gasteiger partial charge on any atom is 0.0373 e. The molecule has 1 atom stereocenters. The van der Waals surface area contributed by atoms with Gasteiger partial charge in [-0.1, -0.05) is 12.5 Å². The van der Waals surface area contributed by atoms with E-state index in [1.165, 1.54) is 48.2 Å². The zero-order valence-corrected chi connectivity index (χ0v) is 11.3. The number of rotatable bonds is 3. The minimum Gasteiger partial charge on any atom is -0.383 e. The van der Waals surface area contributed by atoms with Gasteiger partial charge < -0.3 is 10.6 Å². The highest BCUT2D eigenvalue weighted by molar-refractivity contribution is 5.56. The Bertz CT molecular complexity index is 379. The number of piperidine rings is 1. The van der Waals surface area contributed by atoms with Gasteiger partial charge in [0.15, 0.2) is 0 Å². The van der Waals surface area contributed by atoms with Gasteiger partial charge in [0.1, 0.15) is 0 Å². The Balaban J connectivity index is 1.96. The summed E-state index contributed by atoms with van der Waals surface area (Å²) < 4.78 is 0. The average molecular weight is 232 g/mol. The standard InChI is InChI=1S/C15H24N2/c1-11-7-8-15(13(3)12(11)2)17-10-14-6-4-5-9-16-14/h7-8,14,16-17H,4-6,9-10H2,1-3H3. The van der Waals surface area contributed by atoms with Crippen molar-refractivity contribution in [2.45, 2.75) is 46.1 Å². The molecule has 2 rings (SSSR count). The molecule has 2 heteroatoms. The van der Waals surface area contributed by atoms with Gasteiger partial charge in [-0.2, -0.15) is 0 Å². The molecule has 1 aliphatic heterocycles. The molecule has 1 heterocycles. The van der Waals surface area contributed by atoms with Crippen molar-refractivity contribution in [2.24, 2.45) is 0 Å². The van der Waals surface area contributed by atoms with Crippen molar-refractivity contribution in [1.29, 1.82) is 0 Å². The molecular weight excluding hydrogens is 208 g/mol. The molecule has 1 saturated heterocycles. The van der Waals surface area contributed by atoms with Crippen LogP contribution < -0.4 is 10.6 Å². The summed E-state index contributed by atoms with van der Waals surface area (Å²) in [6.45, 7) is 8.81. The van der Waals surface area contributed by atoms with Crippen molar-refractivity contribution in [3.63, 3.8) is 0 Å². The Hall–Kier alpha value is -1.02. The highest BCUT2D eigenvalue weighted by Crippen LogP contribution is 2.21. The van der Waals surface area contributed by atoms with Crippen LogP contribution in [0.2, 0.25) is 0 Å². The lowest BCUT2D eigenvalue weighted by Gasteiger charge is -2.24. The van der Waals surface area contributed by atoms with Crippen LogP contribution in [0.25, 0.3) is 0 Å². The molecule has 0 radical (unpaired) electrons. The van der Waals surface area contributed by atoms with Crippen molar-refractivity contribution in [1.82, 2.24) is 5.32 Å². The van der Waals surface area contributed by atoms with Crippen LogP contribution in [0.4, 0.5) is 5.69 Å². The molecule has 1 fully saturated rings. The summed E-state index contributed by atoms with van der Waals surface area (Å²) in [6, 6.07) is 5.06. The molecule has 0 saturated carbocycles. The fraction of sp³-hybridized carbons (Fsp3) is 0.600. The van der Waals surface area contributed by atoms with E-state index in [0.717, 1.165) is 6.54 Å². The second kappa shape index (κ2) is 5.54. The minimum atomic E-state index is 0.643. The third-order valence-electron chi connectivity index (χ3n) is 4.01. The van der Waals surface area contributed by atoms with Crippen LogP contribution in [0.5, 0.6) is 0 Å². The number of anilines is 1. The van der Waals surface area contributed by atoms with Gasteiger partial charge in [-0.05, 0) is 62.9 Å². The van der Waals surface area contributed by atoms with Gasteiger partial charge in [0.25, 0.3) is 0 Å². The van der Waals surface area contributed by atoms with Crippen LogP contribution >= 0.6 is 0 Å².